The Hall–Kier alpha value is -1.62. The highest BCUT2D eigenvalue weighted by Crippen LogP contribution is 2.40. The number of hydrogen-bond acceptors (Lipinski definition) is 2. The standard InChI is InChI=1S/C14H15NO/c1-14(9-10-15,13(16)11-7-8-11)12-5-3-2-4-6-12/h2-6,11H,7-9H2,1H3. The van der Waals surface area contributed by atoms with E-state index in [-0.39, 0.29) is 18.1 Å². The van der Waals surface area contributed by atoms with E-state index in [1.807, 2.05) is 37.3 Å². The summed E-state index contributed by atoms with van der Waals surface area (Å²) in [6, 6.07) is 11.8. The van der Waals surface area contributed by atoms with Crippen molar-refractivity contribution in [3.8, 4) is 6.07 Å². The van der Waals surface area contributed by atoms with Gasteiger partial charge in [-0.2, -0.15) is 5.26 Å². The zero-order valence-corrected chi connectivity index (χ0v) is 9.44. The van der Waals surface area contributed by atoms with Crippen LogP contribution in [-0.4, -0.2) is 5.78 Å². The number of Topliss-reactive ketones (excluding diaryl/α,β-unsaturated/α-hetero) is 1. The van der Waals surface area contributed by atoms with Crippen LogP contribution in [0.2, 0.25) is 0 Å². The van der Waals surface area contributed by atoms with Gasteiger partial charge in [-0.05, 0) is 25.3 Å². The SMILES string of the molecule is CC(CC#N)(C(=O)C1CC1)c1ccccc1. The van der Waals surface area contributed by atoms with E-state index >= 15 is 0 Å². The molecule has 2 heteroatoms. The topological polar surface area (TPSA) is 40.9 Å². The molecule has 1 saturated carbocycles. The summed E-state index contributed by atoms with van der Waals surface area (Å²) in [6.07, 6.45) is 2.26. The first-order valence-electron chi connectivity index (χ1n) is 5.65. The van der Waals surface area contributed by atoms with Crippen molar-refractivity contribution in [2.45, 2.75) is 31.6 Å². The minimum absolute atomic E-state index is 0.193. The van der Waals surface area contributed by atoms with Crippen molar-refractivity contribution in [3.05, 3.63) is 35.9 Å². The molecule has 1 aromatic rings. The summed E-state index contributed by atoms with van der Waals surface area (Å²) < 4.78 is 0. The van der Waals surface area contributed by atoms with Gasteiger partial charge in [-0.1, -0.05) is 30.3 Å². The minimum atomic E-state index is -0.614. The summed E-state index contributed by atoms with van der Waals surface area (Å²) in [5, 5.41) is 8.91. The molecule has 1 unspecified atom stereocenters. The van der Waals surface area contributed by atoms with E-state index in [9.17, 15) is 4.79 Å². The zero-order valence-electron chi connectivity index (χ0n) is 9.44. The number of nitriles is 1. The highest BCUT2D eigenvalue weighted by molar-refractivity contribution is 5.93. The summed E-state index contributed by atoms with van der Waals surface area (Å²) in [5.74, 6) is 0.429. The summed E-state index contributed by atoms with van der Waals surface area (Å²) in [7, 11) is 0. The molecule has 1 fully saturated rings. The maximum Gasteiger partial charge on any atom is 0.147 e. The monoisotopic (exact) mass is 213 g/mol. The van der Waals surface area contributed by atoms with E-state index in [0.29, 0.717) is 0 Å². The molecule has 1 atom stereocenters. The molecule has 0 heterocycles. The summed E-state index contributed by atoms with van der Waals surface area (Å²) in [5.41, 5.74) is 0.352. The van der Waals surface area contributed by atoms with Crippen LogP contribution in [0.25, 0.3) is 0 Å². The van der Waals surface area contributed by atoms with Gasteiger partial charge in [0.05, 0.1) is 17.9 Å². The van der Waals surface area contributed by atoms with Crippen molar-refractivity contribution >= 4 is 5.78 Å². The largest absolute Gasteiger partial charge is 0.298 e. The second-order valence-corrected chi connectivity index (χ2v) is 4.67. The van der Waals surface area contributed by atoms with E-state index in [0.717, 1.165) is 18.4 Å². The number of carbonyl (C=O) groups excluding carboxylic acids is 1. The van der Waals surface area contributed by atoms with Crippen LogP contribution in [0.15, 0.2) is 30.3 Å². The quantitative estimate of drug-likeness (QED) is 0.771. The molecule has 16 heavy (non-hydrogen) atoms. The van der Waals surface area contributed by atoms with Gasteiger partial charge in [0, 0.05) is 5.92 Å². The fourth-order valence-electron chi connectivity index (χ4n) is 2.09. The average molecular weight is 213 g/mol. The molecule has 0 amide bonds. The van der Waals surface area contributed by atoms with Gasteiger partial charge in [-0.3, -0.25) is 4.79 Å². The Kier molecular flexibility index (Phi) is 2.78. The van der Waals surface area contributed by atoms with Crippen molar-refractivity contribution in [3.63, 3.8) is 0 Å². The fraction of sp³-hybridized carbons (Fsp3) is 0.429. The van der Waals surface area contributed by atoms with E-state index in [4.69, 9.17) is 5.26 Å². The molecular weight excluding hydrogens is 198 g/mol. The van der Waals surface area contributed by atoms with Gasteiger partial charge < -0.3 is 0 Å². The lowest BCUT2D eigenvalue weighted by molar-refractivity contribution is -0.125. The Morgan fingerprint density at radius 1 is 1.44 bits per heavy atom. The van der Waals surface area contributed by atoms with Crippen molar-refractivity contribution in [2.75, 3.05) is 0 Å². The van der Waals surface area contributed by atoms with Crippen LogP contribution in [0, 0.1) is 17.2 Å². The number of ketones is 1. The molecule has 0 bridgehead atoms. The Labute approximate surface area is 95.9 Å². The first kappa shape index (κ1) is 10.9. The molecule has 0 aliphatic heterocycles. The van der Waals surface area contributed by atoms with Gasteiger partial charge in [0.1, 0.15) is 5.78 Å². The van der Waals surface area contributed by atoms with Crippen LogP contribution in [0.3, 0.4) is 0 Å². The highest BCUT2D eigenvalue weighted by Gasteiger charge is 2.43. The number of hydrogen-bond donors (Lipinski definition) is 0. The smallest absolute Gasteiger partial charge is 0.147 e. The molecule has 0 radical (unpaired) electrons. The van der Waals surface area contributed by atoms with Gasteiger partial charge in [-0.25, -0.2) is 0 Å². The lowest BCUT2D eigenvalue weighted by Crippen LogP contribution is -2.33. The predicted octanol–water partition coefficient (Wildman–Crippen LogP) is 2.84. The van der Waals surface area contributed by atoms with Gasteiger partial charge in [0.15, 0.2) is 0 Å². The van der Waals surface area contributed by atoms with Gasteiger partial charge >= 0.3 is 0 Å². The molecule has 0 spiro atoms. The van der Waals surface area contributed by atoms with E-state index in [2.05, 4.69) is 6.07 Å². The molecule has 0 aromatic heterocycles. The lowest BCUT2D eigenvalue weighted by atomic mass is 9.74. The number of rotatable bonds is 4. The lowest BCUT2D eigenvalue weighted by Gasteiger charge is -2.26. The van der Waals surface area contributed by atoms with Gasteiger partial charge in [0.25, 0.3) is 0 Å². The molecule has 0 saturated heterocycles. The minimum Gasteiger partial charge on any atom is -0.298 e. The van der Waals surface area contributed by atoms with Crippen molar-refractivity contribution in [2.24, 2.45) is 5.92 Å². The molecule has 1 aliphatic carbocycles. The third-order valence-corrected chi connectivity index (χ3v) is 3.34. The Balaban J connectivity index is 2.35. The second-order valence-electron chi connectivity index (χ2n) is 4.67. The van der Waals surface area contributed by atoms with Gasteiger partial charge in [0.2, 0.25) is 0 Å². The molecule has 82 valence electrons. The average Bonchev–Trinajstić information content (AvgIpc) is 3.13. The third-order valence-electron chi connectivity index (χ3n) is 3.34. The number of nitrogens with zero attached hydrogens (tertiary/aromatic N) is 1. The van der Waals surface area contributed by atoms with Crippen LogP contribution < -0.4 is 0 Å². The summed E-state index contributed by atoms with van der Waals surface area (Å²) in [4.78, 5) is 12.3. The molecule has 2 rings (SSSR count). The molecule has 2 nitrogen and oxygen atoms in total. The zero-order chi connectivity index (χ0) is 11.6. The number of carbonyl (C=O) groups is 1. The van der Waals surface area contributed by atoms with Crippen LogP contribution >= 0.6 is 0 Å². The van der Waals surface area contributed by atoms with Crippen LogP contribution in [0.1, 0.15) is 31.7 Å². The molecule has 0 N–H and O–H groups in total. The molecular formula is C14H15NO. The Morgan fingerprint density at radius 2 is 2.06 bits per heavy atom. The maximum atomic E-state index is 12.3. The van der Waals surface area contributed by atoms with Crippen LogP contribution in [-0.2, 0) is 10.2 Å². The first-order valence-corrected chi connectivity index (χ1v) is 5.65. The van der Waals surface area contributed by atoms with E-state index in [1.54, 1.807) is 0 Å². The van der Waals surface area contributed by atoms with Crippen molar-refractivity contribution < 1.29 is 4.79 Å². The Bertz CT molecular complexity index is 428. The third kappa shape index (κ3) is 1.86. The predicted molar refractivity (Wildman–Crippen MR) is 61.8 cm³/mol. The summed E-state index contributed by atoms with van der Waals surface area (Å²) in [6.45, 7) is 1.90. The summed E-state index contributed by atoms with van der Waals surface area (Å²) >= 11 is 0. The Morgan fingerprint density at radius 3 is 2.56 bits per heavy atom. The fourth-order valence-corrected chi connectivity index (χ4v) is 2.09. The van der Waals surface area contributed by atoms with Crippen LogP contribution in [0.5, 0.6) is 0 Å². The first-order chi connectivity index (χ1) is 7.68. The normalized spacial score (nSPS) is 18.5. The van der Waals surface area contributed by atoms with E-state index < -0.39 is 5.41 Å². The molecule has 1 aliphatic rings. The van der Waals surface area contributed by atoms with Crippen molar-refractivity contribution in [1.82, 2.24) is 0 Å². The van der Waals surface area contributed by atoms with Crippen LogP contribution in [0.4, 0.5) is 0 Å². The van der Waals surface area contributed by atoms with Gasteiger partial charge in [-0.15, -0.1) is 0 Å². The van der Waals surface area contributed by atoms with Crippen molar-refractivity contribution in [1.29, 1.82) is 5.26 Å². The maximum absolute atomic E-state index is 12.3. The van der Waals surface area contributed by atoms with E-state index in [1.165, 1.54) is 0 Å². The highest BCUT2D eigenvalue weighted by atomic mass is 16.1. The second kappa shape index (κ2) is 4.09. The number of benzene rings is 1. The molecule has 1 aromatic carbocycles.